The van der Waals surface area contributed by atoms with E-state index < -0.39 is 0 Å². The molecular weight excluding hydrogens is 400 g/mol. The molecule has 186 valence electrons. The van der Waals surface area contributed by atoms with E-state index in [1.165, 1.54) is 0 Å². The molecule has 0 atom stereocenters. The molecule has 0 bridgehead atoms. The topological polar surface area (TPSA) is 82.3 Å². The second kappa shape index (κ2) is 10.4. The molecule has 4 N–H and O–H groups in total. The molecule has 2 rings (SSSR count). The summed E-state index contributed by atoms with van der Waals surface area (Å²) in [6.45, 7) is 18.9. The number of hydrogen-bond donors (Lipinski definition) is 4. The SMILES string of the molecule is CC1(C)CC(C(=O)NCCCCCCNC(=O)C2CC(C)(C)NC(C)(C)C2)CC(C)(C)N1. The second-order valence-electron chi connectivity index (χ2n) is 13.0. The van der Waals surface area contributed by atoms with Gasteiger partial charge in [0, 0.05) is 47.1 Å². The Kier molecular flexibility index (Phi) is 8.82. The van der Waals surface area contributed by atoms with E-state index in [0.717, 1.165) is 64.5 Å². The van der Waals surface area contributed by atoms with Crippen molar-refractivity contribution in [3.05, 3.63) is 0 Å². The van der Waals surface area contributed by atoms with Gasteiger partial charge in [0.2, 0.25) is 11.8 Å². The summed E-state index contributed by atoms with van der Waals surface area (Å²) in [5.74, 6) is 0.572. The highest BCUT2D eigenvalue weighted by Gasteiger charge is 2.41. The van der Waals surface area contributed by atoms with Crippen LogP contribution in [-0.4, -0.2) is 47.1 Å². The third kappa shape index (κ3) is 9.01. The molecule has 0 aromatic carbocycles. The maximum atomic E-state index is 12.6. The third-order valence-corrected chi connectivity index (χ3v) is 6.82. The number of nitrogens with one attached hydrogen (secondary N) is 4. The average Bonchev–Trinajstić information content (AvgIpc) is 2.58. The maximum Gasteiger partial charge on any atom is 0.223 e. The molecule has 2 heterocycles. The molecule has 2 amide bonds. The van der Waals surface area contributed by atoms with Crippen molar-refractivity contribution < 1.29 is 9.59 Å². The van der Waals surface area contributed by atoms with Gasteiger partial charge in [-0.1, -0.05) is 12.8 Å². The van der Waals surface area contributed by atoms with Gasteiger partial charge in [0.05, 0.1) is 0 Å². The zero-order valence-corrected chi connectivity index (χ0v) is 22.0. The zero-order valence-electron chi connectivity index (χ0n) is 22.0. The van der Waals surface area contributed by atoms with Gasteiger partial charge in [0.25, 0.3) is 0 Å². The Morgan fingerprint density at radius 3 is 1.16 bits per heavy atom. The van der Waals surface area contributed by atoms with E-state index in [1.54, 1.807) is 0 Å². The van der Waals surface area contributed by atoms with E-state index in [1.807, 2.05) is 0 Å². The monoisotopic (exact) mass is 450 g/mol. The zero-order chi connectivity index (χ0) is 24.2. The lowest BCUT2D eigenvalue weighted by Gasteiger charge is -2.46. The Morgan fingerprint density at radius 1 is 0.594 bits per heavy atom. The summed E-state index contributed by atoms with van der Waals surface area (Å²) < 4.78 is 0. The first kappa shape index (κ1) is 27.1. The third-order valence-electron chi connectivity index (χ3n) is 6.82. The minimum absolute atomic E-state index is 0.00612. The predicted molar refractivity (Wildman–Crippen MR) is 133 cm³/mol. The highest BCUT2D eigenvalue weighted by Crippen LogP contribution is 2.33. The van der Waals surface area contributed by atoms with Crippen molar-refractivity contribution in [2.45, 2.75) is 129 Å². The van der Waals surface area contributed by atoms with Crippen molar-refractivity contribution in [1.29, 1.82) is 0 Å². The van der Waals surface area contributed by atoms with E-state index in [2.05, 4.69) is 76.7 Å². The normalized spacial score (nSPS) is 24.6. The molecule has 0 spiro atoms. The fourth-order valence-electron chi connectivity index (χ4n) is 6.33. The van der Waals surface area contributed by atoms with Crippen LogP contribution in [0.3, 0.4) is 0 Å². The molecule has 32 heavy (non-hydrogen) atoms. The molecule has 2 fully saturated rings. The van der Waals surface area contributed by atoms with Gasteiger partial charge in [0.1, 0.15) is 0 Å². The van der Waals surface area contributed by atoms with Gasteiger partial charge in [-0.25, -0.2) is 0 Å². The van der Waals surface area contributed by atoms with Crippen LogP contribution in [-0.2, 0) is 9.59 Å². The van der Waals surface area contributed by atoms with Crippen molar-refractivity contribution in [2.75, 3.05) is 13.1 Å². The molecule has 0 aromatic heterocycles. The van der Waals surface area contributed by atoms with Crippen LogP contribution >= 0.6 is 0 Å². The molecule has 0 unspecified atom stereocenters. The minimum atomic E-state index is -0.00612. The van der Waals surface area contributed by atoms with Crippen molar-refractivity contribution in [3.63, 3.8) is 0 Å². The van der Waals surface area contributed by atoms with Crippen LogP contribution in [0, 0.1) is 11.8 Å². The van der Waals surface area contributed by atoms with Crippen LogP contribution < -0.4 is 21.3 Å². The Bertz CT molecular complexity index is 566. The van der Waals surface area contributed by atoms with E-state index in [-0.39, 0.29) is 45.8 Å². The average molecular weight is 451 g/mol. The summed E-state index contributed by atoms with van der Waals surface area (Å²) in [4.78, 5) is 25.3. The minimum Gasteiger partial charge on any atom is -0.356 e. The summed E-state index contributed by atoms with van der Waals surface area (Å²) in [6, 6.07) is 0. The Labute approximate surface area is 196 Å². The summed E-state index contributed by atoms with van der Waals surface area (Å²) in [5, 5.41) is 13.6. The Balaban J connectivity index is 1.57. The standard InChI is InChI=1S/C26H50N4O2/c1-23(2)15-19(16-24(3,4)29-23)21(31)27-13-11-9-10-12-14-28-22(32)20-17-25(5,6)30-26(7,8)18-20/h19-20,29-30H,9-18H2,1-8H3,(H,27,31)(H,28,32). The number of unbranched alkanes of at least 4 members (excludes halogenated alkanes) is 3. The molecule has 0 aromatic rings. The van der Waals surface area contributed by atoms with Crippen LogP contribution in [0.2, 0.25) is 0 Å². The highest BCUT2D eigenvalue weighted by molar-refractivity contribution is 5.79. The van der Waals surface area contributed by atoms with Gasteiger partial charge in [-0.05, 0) is 93.9 Å². The second-order valence-corrected chi connectivity index (χ2v) is 13.0. The largest absolute Gasteiger partial charge is 0.356 e. The lowest BCUT2D eigenvalue weighted by molar-refractivity contribution is -0.128. The van der Waals surface area contributed by atoms with Crippen LogP contribution in [0.5, 0.6) is 0 Å². The summed E-state index contributed by atoms with van der Waals surface area (Å²) in [5.41, 5.74) is -0.0245. The van der Waals surface area contributed by atoms with Crippen molar-refractivity contribution in [3.8, 4) is 0 Å². The van der Waals surface area contributed by atoms with Crippen LogP contribution in [0.15, 0.2) is 0 Å². The summed E-state index contributed by atoms with van der Waals surface area (Å²) in [7, 11) is 0. The van der Waals surface area contributed by atoms with Crippen LogP contribution in [0.25, 0.3) is 0 Å². The van der Waals surface area contributed by atoms with Crippen molar-refractivity contribution >= 4 is 11.8 Å². The number of carbonyl (C=O) groups excluding carboxylic acids is 2. The first-order valence-corrected chi connectivity index (χ1v) is 12.7. The summed E-state index contributed by atoms with van der Waals surface area (Å²) >= 11 is 0. The molecule has 0 saturated carbocycles. The van der Waals surface area contributed by atoms with Crippen LogP contribution in [0.4, 0.5) is 0 Å². The molecule has 2 saturated heterocycles. The van der Waals surface area contributed by atoms with E-state index in [0.29, 0.717) is 0 Å². The quantitative estimate of drug-likeness (QED) is 0.402. The molecule has 0 radical (unpaired) electrons. The van der Waals surface area contributed by atoms with E-state index >= 15 is 0 Å². The molecule has 0 aliphatic carbocycles. The van der Waals surface area contributed by atoms with Gasteiger partial charge < -0.3 is 21.3 Å². The maximum absolute atomic E-state index is 12.6. The fraction of sp³-hybridized carbons (Fsp3) is 0.923. The lowest BCUT2D eigenvalue weighted by Crippen LogP contribution is -2.59. The molecule has 6 nitrogen and oxygen atoms in total. The Hall–Kier alpha value is -1.14. The van der Waals surface area contributed by atoms with E-state index in [9.17, 15) is 9.59 Å². The first-order valence-electron chi connectivity index (χ1n) is 12.7. The highest BCUT2D eigenvalue weighted by atomic mass is 16.2. The van der Waals surface area contributed by atoms with Gasteiger partial charge >= 0.3 is 0 Å². The first-order chi connectivity index (χ1) is 14.6. The fourth-order valence-corrected chi connectivity index (χ4v) is 6.33. The molecule has 6 heteroatoms. The van der Waals surface area contributed by atoms with Gasteiger partial charge in [-0.3, -0.25) is 9.59 Å². The van der Waals surface area contributed by atoms with Gasteiger partial charge in [-0.15, -0.1) is 0 Å². The Morgan fingerprint density at radius 2 is 0.875 bits per heavy atom. The smallest absolute Gasteiger partial charge is 0.223 e. The number of piperidine rings is 2. The van der Waals surface area contributed by atoms with Crippen molar-refractivity contribution in [2.24, 2.45) is 11.8 Å². The molecule has 2 aliphatic heterocycles. The number of amides is 2. The predicted octanol–water partition coefficient (Wildman–Crippen LogP) is 3.89. The van der Waals surface area contributed by atoms with Crippen LogP contribution in [0.1, 0.15) is 107 Å². The summed E-state index contributed by atoms with van der Waals surface area (Å²) in [6.07, 6.45) is 7.67. The van der Waals surface area contributed by atoms with Crippen molar-refractivity contribution in [1.82, 2.24) is 21.3 Å². The molecule has 2 aliphatic rings. The number of rotatable bonds is 9. The number of carbonyl (C=O) groups is 2. The van der Waals surface area contributed by atoms with Gasteiger partial charge in [0.15, 0.2) is 0 Å². The molecular formula is C26H50N4O2. The van der Waals surface area contributed by atoms with Gasteiger partial charge in [-0.2, -0.15) is 0 Å². The lowest BCUT2D eigenvalue weighted by atomic mass is 9.75. The number of hydrogen-bond acceptors (Lipinski definition) is 4. The van der Waals surface area contributed by atoms with E-state index in [4.69, 9.17) is 0 Å².